The first-order chi connectivity index (χ1) is 40.4. The monoisotopic (exact) mass is 1130 g/mol. The van der Waals surface area contributed by atoms with E-state index in [9.17, 15) is 27.6 Å². The number of hydrogen-bond acceptors (Lipinski definition) is 12. The highest BCUT2D eigenvalue weighted by molar-refractivity contribution is 5.89. The number of anilines is 3. The summed E-state index contributed by atoms with van der Waals surface area (Å²) < 4.78 is 45.6. The zero-order valence-electron chi connectivity index (χ0n) is 46.6. The fourth-order valence-electron chi connectivity index (χ4n) is 10.4. The zero-order valence-corrected chi connectivity index (χ0v) is 46.6. The summed E-state index contributed by atoms with van der Waals surface area (Å²) in [6, 6.07) is 41.3. The minimum absolute atomic E-state index is 0.0972. The molecular formula is C63H60F3N15O3. The van der Waals surface area contributed by atoms with E-state index < -0.39 is 0 Å². The Hall–Kier alpha value is -10.4. The van der Waals surface area contributed by atoms with Gasteiger partial charge in [0.2, 0.25) is 17.8 Å². The highest BCUT2D eigenvalue weighted by Gasteiger charge is 2.25. The van der Waals surface area contributed by atoms with Crippen molar-refractivity contribution < 1.29 is 13.2 Å². The van der Waals surface area contributed by atoms with Crippen LogP contribution >= 0.6 is 0 Å². The number of nitrogen functional groups attached to an aromatic ring is 2. The van der Waals surface area contributed by atoms with Gasteiger partial charge in [0.1, 0.15) is 36.4 Å². The fourth-order valence-corrected chi connectivity index (χ4v) is 10.4. The molecule has 6 heterocycles. The van der Waals surface area contributed by atoms with E-state index in [0.29, 0.717) is 55.9 Å². The van der Waals surface area contributed by atoms with Gasteiger partial charge in [-0.25, -0.2) is 32.9 Å². The lowest BCUT2D eigenvalue weighted by Gasteiger charge is -2.22. The zero-order chi connectivity index (χ0) is 59.3. The number of hydrogen-bond donors (Lipinski definition) is 7. The average molecular weight is 1130 g/mol. The third-order valence-corrected chi connectivity index (χ3v) is 14.6. The molecule has 6 aromatic heterocycles. The van der Waals surface area contributed by atoms with Crippen molar-refractivity contribution in [1.82, 2.24) is 59.7 Å². The molecule has 21 heteroatoms. The first-order valence-corrected chi connectivity index (χ1v) is 27.1. The summed E-state index contributed by atoms with van der Waals surface area (Å²) in [5, 5.41) is 25.6. The van der Waals surface area contributed by atoms with Gasteiger partial charge in [0, 0.05) is 49.9 Å². The van der Waals surface area contributed by atoms with Crippen LogP contribution in [0.5, 0.6) is 0 Å². The van der Waals surface area contributed by atoms with Crippen LogP contribution in [0.25, 0.3) is 66.1 Å². The number of nitrogens with two attached hydrogens (primary N) is 2. The summed E-state index contributed by atoms with van der Waals surface area (Å²) in [4.78, 5) is 55.3. The lowest BCUT2D eigenvalue weighted by molar-refractivity contribution is 0.399. The Morgan fingerprint density at radius 3 is 1.33 bits per heavy atom. The summed E-state index contributed by atoms with van der Waals surface area (Å²) >= 11 is 0. The second-order valence-corrected chi connectivity index (χ2v) is 21.3. The number of fused-ring (bicyclic) bond motifs is 3. The van der Waals surface area contributed by atoms with Crippen LogP contribution < -0.4 is 33.5 Å². The van der Waals surface area contributed by atoms with Crippen molar-refractivity contribution in [2.45, 2.75) is 59.7 Å². The SMILES string of the molecule is CC(C)C(Nc1ncn[nH]1)c1ccc(-c2ccc3cccc(F)c3c2)[nH]c1=O.CC(C)C(c1ccc(-c2ccc3cccc(F)c3c2)[nH]c1=O)n1cnc(N)n1.CC(C)C(c1ccc(-c2ccc3cccc(F)c3c2)[nH]c1=O)n1cnnc1N. The summed E-state index contributed by atoms with van der Waals surface area (Å²) in [5.41, 5.74) is 16.7. The Labute approximate surface area is 478 Å². The lowest BCUT2D eigenvalue weighted by Crippen LogP contribution is -2.25. The van der Waals surface area contributed by atoms with Gasteiger partial charge in [-0.3, -0.25) is 19.0 Å². The molecule has 0 fully saturated rings. The third-order valence-electron chi connectivity index (χ3n) is 14.6. The Morgan fingerprint density at radius 2 is 0.964 bits per heavy atom. The van der Waals surface area contributed by atoms with E-state index in [0.717, 1.165) is 32.8 Å². The van der Waals surface area contributed by atoms with Gasteiger partial charge < -0.3 is 31.7 Å². The Morgan fingerprint density at radius 1 is 0.512 bits per heavy atom. The van der Waals surface area contributed by atoms with Gasteiger partial charge in [0.05, 0.1) is 18.1 Å². The van der Waals surface area contributed by atoms with Gasteiger partial charge in [-0.05, 0) is 123 Å². The van der Waals surface area contributed by atoms with Crippen LogP contribution in [0.15, 0.2) is 179 Å². The normalized spacial score (nSPS) is 12.5. The number of H-pyrrole nitrogens is 4. The molecule has 9 N–H and O–H groups in total. The topological polar surface area (TPSA) is 266 Å². The van der Waals surface area contributed by atoms with Gasteiger partial charge >= 0.3 is 0 Å². The van der Waals surface area contributed by atoms with Crippen molar-refractivity contribution in [1.29, 1.82) is 0 Å². The molecule has 0 saturated carbocycles. The van der Waals surface area contributed by atoms with E-state index in [1.165, 1.54) is 37.2 Å². The molecule has 0 saturated heterocycles. The van der Waals surface area contributed by atoms with Crippen LogP contribution in [0.4, 0.5) is 31.0 Å². The minimum Gasteiger partial charge on any atom is -0.368 e. The number of rotatable bonds is 13. The highest BCUT2D eigenvalue weighted by Crippen LogP contribution is 2.32. The molecule has 6 aromatic carbocycles. The summed E-state index contributed by atoms with van der Waals surface area (Å²) in [6.45, 7) is 12.1. The molecule has 0 amide bonds. The smallest absolute Gasteiger partial charge is 0.253 e. The van der Waals surface area contributed by atoms with Gasteiger partial charge in [-0.1, -0.05) is 114 Å². The van der Waals surface area contributed by atoms with Crippen molar-refractivity contribution >= 4 is 50.2 Å². The molecule has 0 aliphatic rings. The number of aromatic amines is 4. The number of nitrogens with one attached hydrogen (secondary N) is 5. The molecule has 12 rings (SSSR count). The molecule has 0 aliphatic carbocycles. The van der Waals surface area contributed by atoms with Crippen molar-refractivity contribution in [3.8, 4) is 33.8 Å². The maximum Gasteiger partial charge on any atom is 0.253 e. The summed E-state index contributed by atoms with van der Waals surface area (Å²) in [6.07, 6.45) is 4.46. The van der Waals surface area contributed by atoms with E-state index in [4.69, 9.17) is 11.5 Å². The standard InChI is InChI=1S/3C21H20FN5O/c1-12(2)19(27-11-24-26-21(27)23)15-8-9-18(25-20(15)28)14-7-6-13-4-3-5-17(22)16(13)10-14;1-12(2)19(27-11-24-21(23)26-27)15-8-9-18(25-20(15)28)14-7-6-13-4-3-5-17(22)16(13)10-14;1-12(2)19(26-21-23-11-24-27-21)15-8-9-18(25-20(15)28)14-7-6-13-4-3-5-17(22)16(13)10-14/h2*3-12,19H,1-2H3,(H2,23,26)(H,25,28);3-12,19H,1-2H3,(H,25,28)(H2,23,24,26,27). The molecule has 0 aliphatic heterocycles. The maximum absolute atomic E-state index is 14.1. The summed E-state index contributed by atoms with van der Waals surface area (Å²) in [7, 11) is 0. The second kappa shape index (κ2) is 24.3. The van der Waals surface area contributed by atoms with Crippen LogP contribution in [0.1, 0.15) is 76.4 Å². The van der Waals surface area contributed by atoms with E-state index in [2.05, 4.69) is 55.7 Å². The van der Waals surface area contributed by atoms with Crippen molar-refractivity contribution in [2.75, 3.05) is 16.8 Å². The molecule has 12 aromatic rings. The van der Waals surface area contributed by atoms with E-state index in [1.807, 2.05) is 114 Å². The maximum atomic E-state index is 14.1. The van der Waals surface area contributed by atoms with Gasteiger partial charge in [-0.15, -0.1) is 15.3 Å². The van der Waals surface area contributed by atoms with Crippen molar-refractivity contribution in [3.05, 3.63) is 230 Å². The Bertz CT molecular complexity index is 4490. The van der Waals surface area contributed by atoms with E-state index >= 15 is 0 Å². The van der Waals surface area contributed by atoms with E-state index in [1.54, 1.807) is 63.8 Å². The first-order valence-electron chi connectivity index (χ1n) is 27.1. The predicted octanol–water partition coefficient (Wildman–Crippen LogP) is 11.8. The summed E-state index contributed by atoms with van der Waals surface area (Å²) in [5.74, 6) is 0.406. The number of nitrogens with zero attached hydrogens (tertiary/aromatic N) is 8. The molecule has 3 unspecified atom stereocenters. The Kier molecular flexibility index (Phi) is 16.5. The van der Waals surface area contributed by atoms with Crippen LogP contribution in [0, 0.1) is 35.2 Å². The fraction of sp³-hybridized carbons (Fsp3) is 0.190. The second-order valence-electron chi connectivity index (χ2n) is 21.3. The van der Waals surface area contributed by atoms with Crippen molar-refractivity contribution in [3.63, 3.8) is 0 Å². The molecule has 0 bridgehead atoms. The number of halogens is 3. The highest BCUT2D eigenvalue weighted by atomic mass is 19.1. The largest absolute Gasteiger partial charge is 0.368 e. The van der Waals surface area contributed by atoms with Crippen molar-refractivity contribution in [2.24, 2.45) is 17.8 Å². The Balaban J connectivity index is 0.000000140. The molecule has 426 valence electrons. The molecule has 84 heavy (non-hydrogen) atoms. The van der Waals surface area contributed by atoms with Gasteiger partial charge in [0.25, 0.3) is 16.7 Å². The average Bonchev–Trinajstić information content (AvgIpc) is 4.04. The first kappa shape index (κ1) is 56.8. The number of benzene rings is 6. The minimum atomic E-state index is -0.295. The number of aromatic nitrogens is 12. The van der Waals surface area contributed by atoms with Crippen LogP contribution in [0.2, 0.25) is 0 Å². The molecular weight excluding hydrogens is 1070 g/mol. The molecule has 0 spiro atoms. The lowest BCUT2D eigenvalue weighted by atomic mass is 9.96. The quantitative estimate of drug-likeness (QED) is 0.0568. The van der Waals surface area contributed by atoms with Crippen LogP contribution in [-0.4, -0.2) is 59.7 Å². The number of pyridine rings is 3. The van der Waals surface area contributed by atoms with Crippen LogP contribution in [0.3, 0.4) is 0 Å². The molecule has 3 atom stereocenters. The van der Waals surface area contributed by atoms with E-state index in [-0.39, 0.29) is 81.9 Å². The molecule has 0 radical (unpaired) electrons. The third kappa shape index (κ3) is 12.1. The predicted molar refractivity (Wildman–Crippen MR) is 322 cm³/mol. The van der Waals surface area contributed by atoms with Gasteiger partial charge in [0.15, 0.2) is 0 Å². The van der Waals surface area contributed by atoms with Crippen LogP contribution in [-0.2, 0) is 0 Å². The molecule has 18 nitrogen and oxygen atoms in total. The van der Waals surface area contributed by atoms with Gasteiger partial charge in [-0.2, -0.15) is 5.10 Å².